The van der Waals surface area contributed by atoms with Crippen molar-refractivity contribution in [3.8, 4) is 11.5 Å². The van der Waals surface area contributed by atoms with E-state index < -0.39 is 11.9 Å². The SMILES string of the molecule is COC(=O)c1ccccc1NC(=O)c1cnc(Nc2ccc3c(c2)OCO3)nc1. The highest BCUT2D eigenvalue weighted by Gasteiger charge is 2.16. The van der Waals surface area contributed by atoms with Crippen LogP contribution in [-0.2, 0) is 4.74 Å². The number of hydrogen-bond acceptors (Lipinski definition) is 8. The zero-order chi connectivity index (χ0) is 20.2. The molecule has 1 amide bonds. The highest BCUT2D eigenvalue weighted by atomic mass is 16.7. The smallest absolute Gasteiger partial charge is 0.339 e. The third kappa shape index (κ3) is 3.93. The minimum atomic E-state index is -0.541. The van der Waals surface area contributed by atoms with Gasteiger partial charge in [-0.15, -0.1) is 0 Å². The zero-order valence-electron chi connectivity index (χ0n) is 15.3. The van der Waals surface area contributed by atoms with Crippen LogP contribution in [-0.4, -0.2) is 35.7 Å². The largest absolute Gasteiger partial charge is 0.465 e. The Morgan fingerprint density at radius 3 is 2.59 bits per heavy atom. The van der Waals surface area contributed by atoms with Gasteiger partial charge >= 0.3 is 5.97 Å². The summed E-state index contributed by atoms with van der Waals surface area (Å²) in [5, 5.41) is 5.70. The number of benzene rings is 2. The monoisotopic (exact) mass is 392 g/mol. The van der Waals surface area contributed by atoms with E-state index in [0.717, 1.165) is 5.69 Å². The quantitative estimate of drug-likeness (QED) is 0.638. The molecular weight excluding hydrogens is 376 g/mol. The Labute approximate surface area is 165 Å². The summed E-state index contributed by atoms with van der Waals surface area (Å²) in [6.45, 7) is 0.193. The fraction of sp³-hybridized carbons (Fsp3) is 0.100. The standard InChI is InChI=1S/C20H16N4O5/c1-27-19(26)14-4-2-3-5-15(14)24-18(25)12-9-21-20(22-10-12)23-13-6-7-16-17(8-13)29-11-28-16/h2-10H,11H2,1H3,(H,24,25)(H,21,22,23). The fourth-order valence-corrected chi connectivity index (χ4v) is 2.69. The number of para-hydroxylation sites is 1. The Morgan fingerprint density at radius 1 is 1.03 bits per heavy atom. The van der Waals surface area contributed by atoms with Crippen LogP contribution in [0.5, 0.6) is 11.5 Å². The van der Waals surface area contributed by atoms with Crippen LogP contribution in [0.2, 0.25) is 0 Å². The van der Waals surface area contributed by atoms with Crippen LogP contribution in [0.3, 0.4) is 0 Å². The van der Waals surface area contributed by atoms with Gasteiger partial charge in [0.2, 0.25) is 12.7 Å². The molecule has 2 N–H and O–H groups in total. The maximum atomic E-state index is 12.5. The molecule has 2 heterocycles. The van der Waals surface area contributed by atoms with Crippen LogP contribution in [0, 0.1) is 0 Å². The number of nitrogens with one attached hydrogen (secondary N) is 2. The second-order valence-electron chi connectivity index (χ2n) is 5.98. The molecule has 29 heavy (non-hydrogen) atoms. The van der Waals surface area contributed by atoms with Crippen LogP contribution in [0.25, 0.3) is 0 Å². The van der Waals surface area contributed by atoms with Crippen molar-refractivity contribution in [1.29, 1.82) is 0 Å². The summed E-state index contributed by atoms with van der Waals surface area (Å²) in [4.78, 5) is 32.6. The van der Waals surface area contributed by atoms with Crippen molar-refractivity contribution in [3.05, 3.63) is 66.0 Å². The summed E-state index contributed by atoms with van der Waals surface area (Å²) >= 11 is 0. The molecule has 0 spiro atoms. The van der Waals surface area contributed by atoms with Gasteiger partial charge in [0.15, 0.2) is 11.5 Å². The van der Waals surface area contributed by atoms with Gasteiger partial charge in [-0.1, -0.05) is 12.1 Å². The van der Waals surface area contributed by atoms with Gasteiger partial charge in [0.05, 0.1) is 23.9 Å². The zero-order valence-corrected chi connectivity index (χ0v) is 15.3. The Kier molecular flexibility index (Phi) is 4.93. The van der Waals surface area contributed by atoms with Crippen LogP contribution in [0.4, 0.5) is 17.3 Å². The maximum absolute atomic E-state index is 12.5. The third-order valence-electron chi connectivity index (χ3n) is 4.12. The third-order valence-corrected chi connectivity index (χ3v) is 4.12. The van der Waals surface area contributed by atoms with Gasteiger partial charge in [-0.3, -0.25) is 4.79 Å². The Hall–Kier alpha value is -4.14. The molecule has 0 unspecified atom stereocenters. The van der Waals surface area contributed by atoms with E-state index in [1.165, 1.54) is 19.5 Å². The molecule has 1 aromatic heterocycles. The van der Waals surface area contributed by atoms with Crippen LogP contribution >= 0.6 is 0 Å². The summed E-state index contributed by atoms with van der Waals surface area (Å²) in [5.41, 5.74) is 1.55. The molecule has 1 aliphatic rings. The molecule has 146 valence electrons. The lowest BCUT2D eigenvalue weighted by atomic mass is 10.1. The Bertz CT molecular complexity index is 1070. The number of fused-ring (bicyclic) bond motifs is 1. The topological polar surface area (TPSA) is 112 Å². The van der Waals surface area contributed by atoms with Crippen LogP contribution in [0.15, 0.2) is 54.9 Å². The first kappa shape index (κ1) is 18.2. The molecule has 0 radical (unpaired) electrons. The summed E-state index contributed by atoms with van der Waals surface area (Å²) in [5.74, 6) is 0.637. The van der Waals surface area contributed by atoms with Crippen molar-refractivity contribution < 1.29 is 23.8 Å². The van der Waals surface area contributed by atoms with E-state index in [1.54, 1.807) is 42.5 Å². The molecule has 0 fully saturated rings. The first-order valence-corrected chi connectivity index (χ1v) is 8.61. The number of aromatic nitrogens is 2. The van der Waals surface area contributed by atoms with E-state index in [-0.39, 0.29) is 17.9 Å². The Balaban J connectivity index is 1.45. The summed E-state index contributed by atoms with van der Waals surface area (Å²) in [6.07, 6.45) is 2.77. The van der Waals surface area contributed by atoms with Crippen molar-refractivity contribution in [1.82, 2.24) is 9.97 Å². The van der Waals surface area contributed by atoms with Crippen molar-refractivity contribution in [3.63, 3.8) is 0 Å². The highest BCUT2D eigenvalue weighted by Crippen LogP contribution is 2.34. The number of hydrogen-bond donors (Lipinski definition) is 2. The minimum absolute atomic E-state index is 0.193. The van der Waals surface area contributed by atoms with E-state index in [2.05, 4.69) is 20.6 Å². The van der Waals surface area contributed by atoms with Gasteiger partial charge in [-0.25, -0.2) is 14.8 Å². The van der Waals surface area contributed by atoms with Crippen LogP contribution < -0.4 is 20.1 Å². The van der Waals surface area contributed by atoms with Crippen molar-refractivity contribution in [2.75, 3.05) is 24.5 Å². The van der Waals surface area contributed by atoms with E-state index in [0.29, 0.717) is 23.1 Å². The first-order valence-electron chi connectivity index (χ1n) is 8.61. The lowest BCUT2D eigenvalue weighted by Gasteiger charge is -2.10. The molecule has 0 bridgehead atoms. The molecule has 2 aromatic carbocycles. The highest BCUT2D eigenvalue weighted by molar-refractivity contribution is 6.07. The van der Waals surface area contributed by atoms with Gasteiger partial charge < -0.3 is 24.8 Å². The molecule has 1 aliphatic heterocycles. The molecule has 9 heteroatoms. The number of methoxy groups -OCH3 is 1. The lowest BCUT2D eigenvalue weighted by molar-refractivity contribution is 0.0602. The lowest BCUT2D eigenvalue weighted by Crippen LogP contribution is -2.16. The van der Waals surface area contributed by atoms with Gasteiger partial charge in [0.25, 0.3) is 5.91 Å². The van der Waals surface area contributed by atoms with Crippen molar-refractivity contribution >= 4 is 29.2 Å². The molecule has 4 rings (SSSR count). The number of carbonyl (C=O) groups is 2. The first-order chi connectivity index (χ1) is 14.1. The number of carbonyl (C=O) groups excluding carboxylic acids is 2. The van der Waals surface area contributed by atoms with Crippen LogP contribution in [0.1, 0.15) is 20.7 Å². The minimum Gasteiger partial charge on any atom is -0.465 e. The van der Waals surface area contributed by atoms with E-state index in [4.69, 9.17) is 14.2 Å². The summed E-state index contributed by atoms with van der Waals surface area (Å²) < 4.78 is 15.3. The van der Waals surface area contributed by atoms with E-state index in [1.807, 2.05) is 0 Å². The number of nitrogens with zero attached hydrogens (tertiary/aromatic N) is 2. The predicted octanol–water partition coefficient (Wildman–Crippen LogP) is 2.99. The molecule has 3 aromatic rings. The molecular formula is C20H16N4O5. The molecule has 0 atom stereocenters. The Morgan fingerprint density at radius 2 is 1.79 bits per heavy atom. The number of esters is 1. The second-order valence-corrected chi connectivity index (χ2v) is 5.98. The molecule has 0 saturated carbocycles. The number of amides is 1. The normalized spacial score (nSPS) is 11.6. The molecule has 9 nitrogen and oxygen atoms in total. The second kappa shape index (κ2) is 7.85. The summed E-state index contributed by atoms with van der Waals surface area (Å²) in [7, 11) is 1.28. The number of anilines is 3. The van der Waals surface area contributed by atoms with Gasteiger partial charge in [-0.2, -0.15) is 0 Å². The summed E-state index contributed by atoms with van der Waals surface area (Å²) in [6, 6.07) is 11.9. The molecule has 0 saturated heterocycles. The fourth-order valence-electron chi connectivity index (χ4n) is 2.69. The predicted molar refractivity (Wildman–Crippen MR) is 104 cm³/mol. The average molecular weight is 392 g/mol. The molecule has 0 aliphatic carbocycles. The number of rotatable bonds is 5. The maximum Gasteiger partial charge on any atom is 0.339 e. The van der Waals surface area contributed by atoms with Gasteiger partial charge in [0, 0.05) is 24.1 Å². The van der Waals surface area contributed by atoms with Crippen molar-refractivity contribution in [2.45, 2.75) is 0 Å². The van der Waals surface area contributed by atoms with Gasteiger partial charge in [0.1, 0.15) is 0 Å². The van der Waals surface area contributed by atoms with Crippen molar-refractivity contribution in [2.24, 2.45) is 0 Å². The number of ether oxygens (including phenoxy) is 3. The van der Waals surface area contributed by atoms with E-state index in [9.17, 15) is 9.59 Å². The average Bonchev–Trinajstić information content (AvgIpc) is 3.22. The van der Waals surface area contributed by atoms with E-state index >= 15 is 0 Å². The van der Waals surface area contributed by atoms with Gasteiger partial charge in [-0.05, 0) is 24.3 Å².